The van der Waals surface area contributed by atoms with Crippen LogP contribution >= 0.6 is 0 Å². The Morgan fingerprint density at radius 2 is 1.78 bits per heavy atom. The van der Waals surface area contributed by atoms with Crippen LogP contribution in [0.1, 0.15) is 73.2 Å². The molecule has 1 aromatic rings. The third kappa shape index (κ3) is 2.77. The number of fused-ring (bicyclic) bond motifs is 3. The fourth-order valence-corrected chi connectivity index (χ4v) is 4.18. The van der Waals surface area contributed by atoms with Crippen molar-refractivity contribution >= 4 is 6.29 Å². The lowest BCUT2D eigenvalue weighted by Gasteiger charge is -2.49. The first-order valence-electron chi connectivity index (χ1n) is 8.63. The normalized spacial score (nSPS) is 32.8. The molecular weight excluding hydrogens is 298 g/mol. The Morgan fingerprint density at radius 3 is 2.35 bits per heavy atom. The molecule has 2 nitrogen and oxygen atoms in total. The highest BCUT2D eigenvalue weighted by atomic mass is 19.1. The molecule has 124 valence electrons. The number of hydrogen-bond donors (Lipinski definition) is 0. The number of ether oxygens (including phenoxy) is 1. The van der Waals surface area contributed by atoms with Crippen LogP contribution in [0.3, 0.4) is 0 Å². The summed E-state index contributed by atoms with van der Waals surface area (Å²) in [6, 6.07) is 3.00. The van der Waals surface area contributed by atoms with Gasteiger partial charge in [-0.25, -0.2) is 8.78 Å². The van der Waals surface area contributed by atoms with E-state index in [0.717, 1.165) is 37.7 Å². The number of carbonyl (C=O) groups is 1. The first-order chi connectivity index (χ1) is 11.0. The van der Waals surface area contributed by atoms with Gasteiger partial charge in [0.1, 0.15) is 17.2 Å². The molecule has 1 aromatic carbocycles. The van der Waals surface area contributed by atoms with Crippen LogP contribution in [0.2, 0.25) is 0 Å². The number of benzene rings is 1. The maximum absolute atomic E-state index is 14.3. The molecule has 0 aromatic heterocycles. The Bertz CT molecular complexity index is 612. The number of rotatable bonds is 5. The third-order valence-corrected chi connectivity index (χ3v) is 6.12. The molecule has 4 aliphatic rings. The van der Waals surface area contributed by atoms with E-state index < -0.39 is 11.5 Å². The highest BCUT2D eigenvalue weighted by molar-refractivity contribution is 5.76. The Balaban J connectivity index is 1.53. The van der Waals surface area contributed by atoms with Gasteiger partial charge in [-0.3, -0.25) is 4.79 Å². The lowest BCUT2D eigenvalue weighted by Crippen LogP contribution is -2.46. The van der Waals surface area contributed by atoms with Gasteiger partial charge in [0.2, 0.25) is 0 Å². The summed E-state index contributed by atoms with van der Waals surface area (Å²) in [5.41, 5.74) is 0.166. The van der Waals surface area contributed by atoms with Crippen molar-refractivity contribution in [2.45, 2.75) is 63.0 Å². The molecule has 5 rings (SSSR count). The molecule has 23 heavy (non-hydrogen) atoms. The largest absolute Gasteiger partial charge is 0.493 e. The molecule has 4 heteroatoms. The molecule has 0 saturated heterocycles. The molecule has 0 aliphatic heterocycles. The summed E-state index contributed by atoms with van der Waals surface area (Å²) in [5, 5.41) is 0. The van der Waals surface area contributed by atoms with Crippen molar-refractivity contribution in [3.63, 3.8) is 0 Å². The molecule has 4 aliphatic carbocycles. The van der Waals surface area contributed by atoms with Crippen LogP contribution in [0.25, 0.3) is 0 Å². The summed E-state index contributed by atoms with van der Waals surface area (Å²) in [5.74, 6) is 0.442. The smallest absolute Gasteiger partial charge is 0.153 e. The maximum atomic E-state index is 14.3. The van der Waals surface area contributed by atoms with Gasteiger partial charge in [0.25, 0.3) is 0 Å². The SMILES string of the molecule is O=Cc1cc(C2CC2)c(OCC23CCC(F)(CC2)CC3)cc1F. The van der Waals surface area contributed by atoms with Crippen molar-refractivity contribution in [1.29, 1.82) is 0 Å². The van der Waals surface area contributed by atoms with E-state index in [1.807, 2.05) is 0 Å². The van der Waals surface area contributed by atoms with E-state index in [1.165, 1.54) is 6.07 Å². The minimum absolute atomic E-state index is 0.0501. The number of hydrogen-bond acceptors (Lipinski definition) is 2. The van der Waals surface area contributed by atoms with Crippen molar-refractivity contribution in [2.75, 3.05) is 6.61 Å². The average Bonchev–Trinajstić information content (AvgIpc) is 3.39. The second-order valence-corrected chi connectivity index (χ2v) is 7.74. The van der Waals surface area contributed by atoms with Gasteiger partial charge < -0.3 is 4.74 Å². The molecule has 0 spiro atoms. The van der Waals surface area contributed by atoms with Crippen LogP contribution < -0.4 is 4.74 Å². The van der Waals surface area contributed by atoms with Gasteiger partial charge in [-0.15, -0.1) is 0 Å². The van der Waals surface area contributed by atoms with Crippen LogP contribution in [0.15, 0.2) is 12.1 Å². The maximum Gasteiger partial charge on any atom is 0.153 e. The topological polar surface area (TPSA) is 26.3 Å². The van der Waals surface area contributed by atoms with Gasteiger partial charge >= 0.3 is 0 Å². The van der Waals surface area contributed by atoms with Crippen molar-refractivity contribution in [3.05, 3.63) is 29.1 Å². The quantitative estimate of drug-likeness (QED) is 0.717. The van der Waals surface area contributed by atoms with Crippen LogP contribution in [0.5, 0.6) is 5.75 Å². The Kier molecular flexibility index (Phi) is 3.47. The van der Waals surface area contributed by atoms with Gasteiger partial charge in [-0.1, -0.05) is 0 Å². The highest BCUT2D eigenvalue weighted by Crippen LogP contribution is 2.54. The van der Waals surface area contributed by atoms with Gasteiger partial charge in [0.15, 0.2) is 6.29 Å². The molecule has 2 bridgehead atoms. The zero-order chi connectivity index (χ0) is 16.1. The van der Waals surface area contributed by atoms with Crippen molar-refractivity contribution < 1.29 is 18.3 Å². The van der Waals surface area contributed by atoms with Crippen molar-refractivity contribution in [2.24, 2.45) is 5.41 Å². The molecular formula is C19H22F2O2. The minimum Gasteiger partial charge on any atom is -0.493 e. The minimum atomic E-state index is -0.946. The summed E-state index contributed by atoms with van der Waals surface area (Å²) >= 11 is 0. The molecule has 4 fully saturated rings. The lowest BCUT2D eigenvalue weighted by atomic mass is 9.60. The zero-order valence-electron chi connectivity index (χ0n) is 13.2. The highest BCUT2D eigenvalue weighted by Gasteiger charge is 2.49. The van der Waals surface area contributed by atoms with Gasteiger partial charge in [-0.05, 0) is 68.9 Å². The molecule has 0 radical (unpaired) electrons. The van der Waals surface area contributed by atoms with E-state index in [-0.39, 0.29) is 11.0 Å². The van der Waals surface area contributed by atoms with E-state index >= 15 is 0 Å². The van der Waals surface area contributed by atoms with Crippen LogP contribution in [-0.4, -0.2) is 18.6 Å². The van der Waals surface area contributed by atoms with Crippen LogP contribution in [0, 0.1) is 11.2 Å². The Hall–Kier alpha value is -1.45. The first-order valence-corrected chi connectivity index (χ1v) is 8.63. The van der Waals surface area contributed by atoms with Crippen LogP contribution in [0.4, 0.5) is 8.78 Å². The predicted molar refractivity (Wildman–Crippen MR) is 83.2 cm³/mol. The summed E-state index contributed by atoms with van der Waals surface area (Å²) in [6.07, 6.45) is 7.16. The third-order valence-electron chi connectivity index (χ3n) is 6.12. The fraction of sp³-hybridized carbons (Fsp3) is 0.632. The summed E-state index contributed by atoms with van der Waals surface area (Å²) in [7, 11) is 0. The van der Waals surface area contributed by atoms with Gasteiger partial charge in [0, 0.05) is 11.5 Å². The second-order valence-electron chi connectivity index (χ2n) is 7.74. The van der Waals surface area contributed by atoms with E-state index in [9.17, 15) is 13.6 Å². The number of carbonyl (C=O) groups excluding carboxylic acids is 1. The Labute approximate surface area is 135 Å². The summed E-state index contributed by atoms with van der Waals surface area (Å²) in [4.78, 5) is 11.0. The zero-order valence-corrected chi connectivity index (χ0v) is 13.2. The summed E-state index contributed by atoms with van der Waals surface area (Å²) < 4.78 is 34.3. The molecule has 0 heterocycles. The van der Waals surface area contributed by atoms with Gasteiger partial charge in [0.05, 0.1) is 12.2 Å². The molecule has 0 N–H and O–H groups in total. The summed E-state index contributed by atoms with van der Waals surface area (Å²) in [6.45, 7) is 0.530. The van der Waals surface area contributed by atoms with E-state index in [1.54, 1.807) is 6.07 Å². The van der Waals surface area contributed by atoms with Crippen molar-refractivity contribution in [1.82, 2.24) is 0 Å². The second kappa shape index (κ2) is 5.29. The lowest BCUT2D eigenvalue weighted by molar-refractivity contribution is -0.0548. The predicted octanol–water partition coefficient (Wildman–Crippen LogP) is 4.96. The van der Waals surface area contributed by atoms with Crippen molar-refractivity contribution in [3.8, 4) is 5.75 Å². The molecule has 0 amide bonds. The van der Waals surface area contributed by atoms with E-state index in [4.69, 9.17) is 4.74 Å². The fourth-order valence-electron chi connectivity index (χ4n) is 4.18. The molecule has 4 saturated carbocycles. The monoisotopic (exact) mass is 320 g/mol. The van der Waals surface area contributed by atoms with Crippen LogP contribution in [-0.2, 0) is 0 Å². The van der Waals surface area contributed by atoms with E-state index in [0.29, 0.717) is 43.8 Å². The molecule has 0 atom stereocenters. The number of aldehydes is 1. The van der Waals surface area contributed by atoms with E-state index in [2.05, 4.69) is 0 Å². The number of halogens is 2. The van der Waals surface area contributed by atoms with Gasteiger partial charge in [-0.2, -0.15) is 0 Å². The molecule has 0 unspecified atom stereocenters. The first kappa shape index (κ1) is 15.1. The number of alkyl halides is 1. The average molecular weight is 320 g/mol. The standard InChI is InChI=1S/C19H22F2O2/c20-16-10-17(15(13-1-2-13)9-14(16)11-22)23-12-18-3-6-19(21,7-4-18)8-5-18/h9-11,13H,1-8,12H2. The Morgan fingerprint density at radius 1 is 1.13 bits per heavy atom.